The predicted molar refractivity (Wildman–Crippen MR) is 111 cm³/mol. The number of rotatable bonds is 8. The maximum Gasteiger partial charge on any atom is 0.335 e. The smallest absolute Gasteiger partial charge is 0.335 e. The number of aromatic carboxylic acids is 1. The van der Waals surface area contributed by atoms with Crippen molar-refractivity contribution in [1.82, 2.24) is 9.97 Å². The molecule has 1 heterocycles. The number of thioether (sulfide) groups is 1. The van der Waals surface area contributed by atoms with Crippen molar-refractivity contribution in [3.63, 3.8) is 0 Å². The molecule has 2 aromatic carbocycles. The van der Waals surface area contributed by atoms with E-state index in [1.165, 1.54) is 30.0 Å². The van der Waals surface area contributed by atoms with Crippen molar-refractivity contribution in [2.24, 2.45) is 0 Å². The average Bonchev–Trinajstić information content (AvgIpc) is 2.76. The Morgan fingerprint density at radius 3 is 2.41 bits per heavy atom. The van der Waals surface area contributed by atoms with Crippen LogP contribution in [0.3, 0.4) is 0 Å². The third-order valence-electron chi connectivity index (χ3n) is 4.05. The lowest BCUT2D eigenvalue weighted by Crippen LogP contribution is -1.99. The van der Waals surface area contributed by atoms with E-state index in [4.69, 9.17) is 9.84 Å². The van der Waals surface area contributed by atoms with E-state index in [1.807, 2.05) is 0 Å². The molecule has 6 nitrogen and oxygen atoms in total. The summed E-state index contributed by atoms with van der Waals surface area (Å²) in [6.07, 6.45) is 6.49. The highest BCUT2D eigenvalue weighted by atomic mass is 32.2. The summed E-state index contributed by atoms with van der Waals surface area (Å²) in [5.74, 6) is 0.117. The first-order chi connectivity index (χ1) is 14.1. The van der Waals surface area contributed by atoms with Crippen LogP contribution in [0.2, 0.25) is 0 Å². The standard InChI is InChI=1S/C22H18N2O4S/c1-28-20-10-8-17(13-18(20)14-29-22-23-11-2-12-24-22)19(25)9-5-15-3-6-16(7-4-15)21(26)27/h2-13H,14H2,1H3,(H,26,27)/b9-5+. The van der Waals surface area contributed by atoms with E-state index in [0.717, 1.165) is 11.1 Å². The molecule has 0 saturated heterocycles. The Morgan fingerprint density at radius 1 is 1.07 bits per heavy atom. The summed E-state index contributed by atoms with van der Waals surface area (Å²) in [5, 5.41) is 9.58. The number of hydrogen-bond acceptors (Lipinski definition) is 6. The zero-order valence-corrected chi connectivity index (χ0v) is 16.4. The molecular formula is C22H18N2O4S. The van der Waals surface area contributed by atoms with Gasteiger partial charge in [-0.1, -0.05) is 30.0 Å². The zero-order chi connectivity index (χ0) is 20.6. The van der Waals surface area contributed by atoms with Crippen LogP contribution in [0.25, 0.3) is 6.08 Å². The van der Waals surface area contributed by atoms with Gasteiger partial charge in [-0.15, -0.1) is 0 Å². The molecule has 7 heteroatoms. The van der Waals surface area contributed by atoms with E-state index in [-0.39, 0.29) is 11.3 Å². The van der Waals surface area contributed by atoms with Crippen LogP contribution in [0.1, 0.15) is 31.8 Å². The van der Waals surface area contributed by atoms with Crippen LogP contribution in [0, 0.1) is 0 Å². The van der Waals surface area contributed by atoms with Crippen LogP contribution in [0.4, 0.5) is 0 Å². The molecule has 0 aliphatic rings. The summed E-state index contributed by atoms with van der Waals surface area (Å²) in [6, 6.07) is 13.4. The van der Waals surface area contributed by atoms with Gasteiger partial charge in [0.1, 0.15) is 5.75 Å². The lowest BCUT2D eigenvalue weighted by Gasteiger charge is -2.09. The Bertz CT molecular complexity index is 1030. The highest BCUT2D eigenvalue weighted by molar-refractivity contribution is 7.98. The fraction of sp³-hybridized carbons (Fsp3) is 0.0909. The van der Waals surface area contributed by atoms with Crippen molar-refractivity contribution in [1.29, 1.82) is 0 Å². The molecule has 0 fully saturated rings. The van der Waals surface area contributed by atoms with Gasteiger partial charge in [-0.3, -0.25) is 4.79 Å². The van der Waals surface area contributed by atoms with Crippen molar-refractivity contribution in [2.45, 2.75) is 10.9 Å². The fourth-order valence-corrected chi connectivity index (χ4v) is 3.33. The van der Waals surface area contributed by atoms with Gasteiger partial charge in [-0.2, -0.15) is 0 Å². The van der Waals surface area contributed by atoms with Crippen LogP contribution in [-0.2, 0) is 5.75 Å². The largest absolute Gasteiger partial charge is 0.496 e. The Hall–Kier alpha value is -3.45. The number of allylic oxidation sites excluding steroid dienone is 1. The number of ether oxygens (including phenoxy) is 1. The molecular weight excluding hydrogens is 388 g/mol. The number of carboxylic acids is 1. The van der Waals surface area contributed by atoms with E-state index in [9.17, 15) is 9.59 Å². The number of benzene rings is 2. The SMILES string of the molecule is COc1ccc(C(=O)/C=C/c2ccc(C(=O)O)cc2)cc1CSc1ncccn1. The number of hydrogen-bond donors (Lipinski definition) is 1. The van der Waals surface area contributed by atoms with Gasteiger partial charge in [0.2, 0.25) is 0 Å². The summed E-state index contributed by atoms with van der Waals surface area (Å²) in [5.41, 5.74) is 2.35. The van der Waals surface area contributed by atoms with Crippen LogP contribution in [0.15, 0.2) is 72.2 Å². The molecule has 1 aromatic heterocycles. The maximum atomic E-state index is 12.6. The van der Waals surface area contributed by atoms with E-state index in [0.29, 0.717) is 22.2 Å². The lowest BCUT2D eigenvalue weighted by molar-refractivity contribution is 0.0696. The van der Waals surface area contributed by atoms with Crippen LogP contribution < -0.4 is 4.74 Å². The Balaban J connectivity index is 1.73. The normalized spacial score (nSPS) is 10.8. The number of nitrogens with zero attached hydrogens (tertiary/aromatic N) is 2. The van der Waals surface area contributed by atoms with Crippen molar-refractivity contribution in [3.05, 3.63) is 89.3 Å². The number of ketones is 1. The summed E-state index contributed by atoms with van der Waals surface area (Å²) >= 11 is 1.46. The topological polar surface area (TPSA) is 89.4 Å². The van der Waals surface area contributed by atoms with Gasteiger partial charge in [-0.05, 0) is 48.0 Å². The molecule has 0 saturated carbocycles. The van der Waals surface area contributed by atoms with Gasteiger partial charge < -0.3 is 9.84 Å². The van der Waals surface area contributed by atoms with E-state index >= 15 is 0 Å². The molecule has 29 heavy (non-hydrogen) atoms. The van der Waals surface area contributed by atoms with Gasteiger partial charge in [0, 0.05) is 29.3 Å². The van der Waals surface area contributed by atoms with Gasteiger partial charge in [0.25, 0.3) is 0 Å². The second-order valence-electron chi connectivity index (χ2n) is 5.97. The van der Waals surface area contributed by atoms with Crippen molar-refractivity contribution >= 4 is 29.6 Å². The molecule has 0 atom stereocenters. The Kier molecular flexibility index (Phi) is 6.76. The van der Waals surface area contributed by atoms with E-state index < -0.39 is 5.97 Å². The highest BCUT2D eigenvalue weighted by Gasteiger charge is 2.10. The summed E-state index contributed by atoms with van der Waals surface area (Å²) in [7, 11) is 1.59. The second-order valence-corrected chi connectivity index (χ2v) is 6.91. The van der Waals surface area contributed by atoms with Crippen LogP contribution in [-0.4, -0.2) is 33.9 Å². The molecule has 0 aliphatic carbocycles. The van der Waals surface area contributed by atoms with Gasteiger partial charge >= 0.3 is 5.97 Å². The average molecular weight is 406 g/mol. The Labute approximate surface area is 172 Å². The molecule has 146 valence electrons. The summed E-state index contributed by atoms with van der Waals surface area (Å²) in [4.78, 5) is 31.8. The summed E-state index contributed by atoms with van der Waals surface area (Å²) in [6.45, 7) is 0. The first-order valence-electron chi connectivity index (χ1n) is 8.69. The zero-order valence-electron chi connectivity index (χ0n) is 15.6. The quantitative estimate of drug-likeness (QED) is 0.257. The molecule has 3 aromatic rings. The molecule has 0 radical (unpaired) electrons. The molecule has 0 aliphatic heterocycles. The highest BCUT2D eigenvalue weighted by Crippen LogP contribution is 2.27. The van der Waals surface area contributed by atoms with Crippen molar-refractivity contribution in [3.8, 4) is 5.75 Å². The first kappa shape index (κ1) is 20.3. The maximum absolute atomic E-state index is 12.6. The second kappa shape index (κ2) is 9.66. The van der Waals surface area contributed by atoms with Crippen molar-refractivity contribution in [2.75, 3.05) is 7.11 Å². The first-order valence-corrected chi connectivity index (χ1v) is 9.68. The molecule has 0 bridgehead atoms. The Morgan fingerprint density at radius 2 is 1.76 bits per heavy atom. The fourth-order valence-electron chi connectivity index (χ4n) is 2.55. The lowest BCUT2D eigenvalue weighted by atomic mass is 10.1. The molecule has 0 amide bonds. The number of methoxy groups -OCH3 is 1. The van der Waals surface area contributed by atoms with Gasteiger partial charge in [-0.25, -0.2) is 14.8 Å². The third kappa shape index (κ3) is 5.52. The van der Waals surface area contributed by atoms with Crippen LogP contribution in [0.5, 0.6) is 5.75 Å². The minimum absolute atomic E-state index is 0.155. The van der Waals surface area contributed by atoms with Crippen molar-refractivity contribution < 1.29 is 19.4 Å². The summed E-state index contributed by atoms with van der Waals surface area (Å²) < 4.78 is 5.40. The monoisotopic (exact) mass is 406 g/mol. The predicted octanol–water partition coefficient (Wildman–Crippen LogP) is 4.37. The minimum Gasteiger partial charge on any atom is -0.496 e. The third-order valence-corrected chi connectivity index (χ3v) is 4.97. The molecule has 0 unspecified atom stereocenters. The number of carbonyl (C=O) groups excluding carboxylic acids is 1. The van der Waals surface area contributed by atoms with E-state index in [1.54, 1.807) is 62.0 Å². The van der Waals surface area contributed by atoms with Crippen LogP contribution >= 0.6 is 11.8 Å². The molecule has 1 N–H and O–H groups in total. The number of aromatic nitrogens is 2. The number of carboxylic acid groups (broad SMARTS) is 1. The molecule has 0 spiro atoms. The van der Waals surface area contributed by atoms with E-state index in [2.05, 4.69) is 9.97 Å². The van der Waals surface area contributed by atoms with Gasteiger partial charge in [0.15, 0.2) is 10.9 Å². The van der Waals surface area contributed by atoms with Gasteiger partial charge in [0.05, 0.1) is 12.7 Å². The minimum atomic E-state index is -0.985. The molecule has 3 rings (SSSR count). The number of carbonyl (C=O) groups is 2.